The Morgan fingerprint density at radius 2 is 1.41 bits per heavy atom. The van der Waals surface area contributed by atoms with Gasteiger partial charge in [-0.25, -0.2) is 8.78 Å². The number of nitrogens with one attached hydrogen (secondary N) is 3. The second-order valence-corrected chi connectivity index (χ2v) is 13.2. The van der Waals surface area contributed by atoms with Gasteiger partial charge in [0, 0.05) is 36.3 Å². The maximum absolute atomic E-state index is 14.1. The van der Waals surface area contributed by atoms with E-state index in [0.717, 1.165) is 12.1 Å². The standard InChI is InChI=1S/C36H46F2N4O9/c1-5-42(6-2)34(47)22-9-7-8-21(13-22)32(45)40-28(12-20-10-25(37)17-26(38)11-20)29(43)18-30(44)41-31(19(3)4)33(46)39-27-15-23(35(48)49)14-24(16-27)36(50)51/h7-11,13,17,19,23-24,27-29,31,43H,5-6,12,14-16,18H2,1-4H3,(H,39,46)(H,40,45)(H,41,44)(H,48,49)(H,50,51)/t23?,24?,27?,28-,29-,31-/m0/s1. The molecular weight excluding hydrogens is 670 g/mol. The van der Waals surface area contributed by atoms with E-state index in [1.54, 1.807) is 24.8 Å². The van der Waals surface area contributed by atoms with Crippen molar-refractivity contribution in [1.82, 2.24) is 20.9 Å². The Labute approximate surface area is 294 Å². The monoisotopic (exact) mass is 716 g/mol. The van der Waals surface area contributed by atoms with Crippen LogP contribution in [-0.4, -0.2) is 93.1 Å². The van der Waals surface area contributed by atoms with Crippen LogP contribution in [0.5, 0.6) is 0 Å². The first-order chi connectivity index (χ1) is 24.0. The van der Waals surface area contributed by atoms with Gasteiger partial charge in [0.05, 0.1) is 30.4 Å². The summed E-state index contributed by atoms with van der Waals surface area (Å²) in [4.78, 5) is 77.6. The molecule has 3 rings (SSSR count). The normalized spacial score (nSPS) is 18.9. The summed E-state index contributed by atoms with van der Waals surface area (Å²) >= 11 is 0. The van der Waals surface area contributed by atoms with Gasteiger partial charge in [0.15, 0.2) is 0 Å². The molecule has 0 spiro atoms. The molecule has 15 heteroatoms. The molecule has 2 aromatic rings. The van der Waals surface area contributed by atoms with E-state index in [1.807, 2.05) is 13.8 Å². The Morgan fingerprint density at radius 3 is 1.94 bits per heavy atom. The van der Waals surface area contributed by atoms with E-state index in [2.05, 4.69) is 16.0 Å². The smallest absolute Gasteiger partial charge is 0.306 e. The highest BCUT2D eigenvalue weighted by Gasteiger charge is 2.38. The molecule has 1 fully saturated rings. The lowest BCUT2D eigenvalue weighted by molar-refractivity contribution is -0.149. The number of carboxylic acids is 2. The number of carbonyl (C=O) groups is 6. The van der Waals surface area contributed by atoms with Crippen molar-refractivity contribution < 1.29 is 52.9 Å². The van der Waals surface area contributed by atoms with E-state index in [0.29, 0.717) is 19.2 Å². The molecule has 1 saturated carbocycles. The number of benzene rings is 2. The minimum Gasteiger partial charge on any atom is -0.481 e. The number of rotatable bonds is 16. The summed E-state index contributed by atoms with van der Waals surface area (Å²) in [6.45, 7) is 7.81. The van der Waals surface area contributed by atoms with Crippen LogP contribution in [0, 0.1) is 29.4 Å². The summed E-state index contributed by atoms with van der Waals surface area (Å²) in [6.07, 6.45) is -2.61. The zero-order valence-corrected chi connectivity index (χ0v) is 29.0. The molecule has 4 amide bonds. The van der Waals surface area contributed by atoms with Gasteiger partial charge in [0.25, 0.3) is 11.8 Å². The lowest BCUT2D eigenvalue weighted by atomic mass is 9.78. The number of carboxylic acid groups (broad SMARTS) is 2. The molecule has 0 radical (unpaired) electrons. The molecular formula is C36H46F2N4O9. The number of nitrogens with zero attached hydrogens (tertiary/aromatic N) is 1. The van der Waals surface area contributed by atoms with Gasteiger partial charge in [-0.2, -0.15) is 0 Å². The quantitative estimate of drug-likeness (QED) is 0.151. The van der Waals surface area contributed by atoms with Gasteiger partial charge < -0.3 is 36.2 Å². The number of hydrogen-bond donors (Lipinski definition) is 6. The van der Waals surface area contributed by atoms with Gasteiger partial charge in [0.2, 0.25) is 11.8 Å². The first-order valence-electron chi connectivity index (χ1n) is 16.9. The van der Waals surface area contributed by atoms with E-state index < -0.39 is 89.7 Å². The molecule has 1 aliphatic rings. The van der Waals surface area contributed by atoms with E-state index in [-0.39, 0.29) is 48.3 Å². The molecule has 6 N–H and O–H groups in total. The van der Waals surface area contributed by atoms with Crippen LogP contribution in [0.25, 0.3) is 0 Å². The van der Waals surface area contributed by atoms with Gasteiger partial charge in [-0.05, 0) is 81.3 Å². The van der Waals surface area contributed by atoms with Crippen LogP contribution in [0.15, 0.2) is 42.5 Å². The van der Waals surface area contributed by atoms with Crippen LogP contribution >= 0.6 is 0 Å². The Morgan fingerprint density at radius 1 is 0.843 bits per heavy atom. The maximum atomic E-state index is 14.1. The van der Waals surface area contributed by atoms with Crippen molar-refractivity contribution in [3.8, 4) is 0 Å². The van der Waals surface area contributed by atoms with E-state index in [4.69, 9.17) is 0 Å². The maximum Gasteiger partial charge on any atom is 0.306 e. The van der Waals surface area contributed by atoms with Crippen LogP contribution in [0.1, 0.15) is 79.7 Å². The van der Waals surface area contributed by atoms with E-state index in [1.165, 1.54) is 18.2 Å². The summed E-state index contributed by atoms with van der Waals surface area (Å²) in [5, 5.41) is 38.0. The molecule has 278 valence electrons. The van der Waals surface area contributed by atoms with Gasteiger partial charge in [-0.1, -0.05) is 19.9 Å². The average Bonchev–Trinajstić information content (AvgIpc) is 3.06. The molecule has 51 heavy (non-hydrogen) atoms. The number of aliphatic hydroxyl groups excluding tert-OH is 1. The largest absolute Gasteiger partial charge is 0.481 e. The fraction of sp³-hybridized carbons (Fsp3) is 0.500. The predicted octanol–water partition coefficient (Wildman–Crippen LogP) is 2.75. The fourth-order valence-electron chi connectivity index (χ4n) is 6.24. The highest BCUT2D eigenvalue weighted by Crippen LogP contribution is 2.30. The highest BCUT2D eigenvalue weighted by molar-refractivity contribution is 6.00. The summed E-state index contributed by atoms with van der Waals surface area (Å²) in [5.74, 6) is -9.07. The van der Waals surface area contributed by atoms with Crippen molar-refractivity contribution in [3.05, 3.63) is 70.8 Å². The highest BCUT2D eigenvalue weighted by atomic mass is 19.1. The van der Waals surface area contributed by atoms with Crippen molar-refractivity contribution in [1.29, 1.82) is 0 Å². The van der Waals surface area contributed by atoms with Gasteiger partial charge in [0.1, 0.15) is 17.7 Å². The average molecular weight is 717 g/mol. The van der Waals surface area contributed by atoms with Crippen molar-refractivity contribution in [2.75, 3.05) is 13.1 Å². The van der Waals surface area contributed by atoms with Crippen LogP contribution < -0.4 is 16.0 Å². The third-order valence-corrected chi connectivity index (χ3v) is 8.99. The Hall–Kier alpha value is -4.92. The number of aliphatic carboxylic acids is 2. The molecule has 0 heterocycles. The van der Waals surface area contributed by atoms with E-state index in [9.17, 15) is 52.9 Å². The molecule has 2 unspecified atom stereocenters. The molecule has 0 bridgehead atoms. The minimum atomic E-state index is -1.62. The van der Waals surface area contributed by atoms with Gasteiger partial charge in [-0.3, -0.25) is 28.8 Å². The Kier molecular flexibility index (Phi) is 14.6. The van der Waals surface area contributed by atoms with Crippen molar-refractivity contribution in [2.24, 2.45) is 17.8 Å². The van der Waals surface area contributed by atoms with Gasteiger partial charge in [-0.15, -0.1) is 0 Å². The van der Waals surface area contributed by atoms with Crippen molar-refractivity contribution in [3.63, 3.8) is 0 Å². The number of hydrogen-bond acceptors (Lipinski definition) is 7. The first kappa shape index (κ1) is 40.5. The lowest BCUT2D eigenvalue weighted by Gasteiger charge is -2.33. The van der Waals surface area contributed by atoms with E-state index >= 15 is 0 Å². The Balaban J connectivity index is 1.78. The topological polar surface area (TPSA) is 202 Å². The molecule has 0 aromatic heterocycles. The number of aliphatic hydroxyl groups is 1. The summed E-state index contributed by atoms with van der Waals surface area (Å²) < 4.78 is 28.1. The summed E-state index contributed by atoms with van der Waals surface area (Å²) in [5.41, 5.74) is 0.391. The first-order valence-corrected chi connectivity index (χ1v) is 16.9. The second kappa shape index (κ2) is 18.4. The number of carbonyl (C=O) groups excluding carboxylic acids is 4. The van der Waals surface area contributed by atoms with Crippen LogP contribution in [-0.2, 0) is 25.6 Å². The lowest BCUT2D eigenvalue weighted by Crippen LogP contribution is -2.55. The van der Waals surface area contributed by atoms with Crippen LogP contribution in [0.4, 0.5) is 8.78 Å². The molecule has 0 aliphatic heterocycles. The molecule has 1 aliphatic carbocycles. The van der Waals surface area contributed by atoms with Crippen LogP contribution in [0.2, 0.25) is 0 Å². The molecule has 0 saturated heterocycles. The SMILES string of the molecule is CCN(CC)C(=O)c1cccc(C(=O)N[C@@H](Cc2cc(F)cc(F)c2)[C@@H](O)CC(=O)N[C@H](C(=O)NC2CC(C(=O)O)CC(C(=O)O)C2)C(C)C)c1. The Bertz CT molecular complexity index is 1560. The molecule has 2 aromatic carbocycles. The van der Waals surface area contributed by atoms with Crippen molar-refractivity contribution >= 4 is 35.6 Å². The number of halogens is 2. The summed E-state index contributed by atoms with van der Waals surface area (Å²) in [7, 11) is 0. The molecule has 13 nitrogen and oxygen atoms in total. The third kappa shape index (κ3) is 11.6. The van der Waals surface area contributed by atoms with Crippen LogP contribution in [0.3, 0.4) is 0 Å². The zero-order chi connectivity index (χ0) is 38.0. The number of amides is 4. The summed E-state index contributed by atoms with van der Waals surface area (Å²) in [6, 6.07) is 5.40. The zero-order valence-electron chi connectivity index (χ0n) is 29.0. The second-order valence-electron chi connectivity index (χ2n) is 13.2. The minimum absolute atomic E-state index is 0.0108. The fourth-order valence-corrected chi connectivity index (χ4v) is 6.24. The predicted molar refractivity (Wildman–Crippen MR) is 180 cm³/mol. The molecule has 5 atom stereocenters. The van der Waals surface area contributed by atoms with Crippen molar-refractivity contribution in [2.45, 2.75) is 84.0 Å². The third-order valence-electron chi connectivity index (χ3n) is 8.99. The van der Waals surface area contributed by atoms with Gasteiger partial charge >= 0.3 is 11.9 Å².